The number of esters is 1. The SMILES string of the molecule is CCOC(=O)Cc1nc(Cl)cc(C(F)F)c1C. The van der Waals surface area contributed by atoms with Crippen molar-refractivity contribution in [3.8, 4) is 0 Å². The van der Waals surface area contributed by atoms with E-state index in [1.165, 1.54) is 6.92 Å². The Hall–Kier alpha value is -1.23. The highest BCUT2D eigenvalue weighted by molar-refractivity contribution is 6.29. The zero-order chi connectivity index (χ0) is 13.0. The van der Waals surface area contributed by atoms with E-state index >= 15 is 0 Å². The maximum Gasteiger partial charge on any atom is 0.311 e. The van der Waals surface area contributed by atoms with Crippen molar-refractivity contribution in [2.24, 2.45) is 0 Å². The highest BCUT2D eigenvalue weighted by atomic mass is 35.5. The summed E-state index contributed by atoms with van der Waals surface area (Å²) in [6, 6.07) is 1.11. The molecule has 0 N–H and O–H groups in total. The molecular formula is C11H12ClF2NO2. The highest BCUT2D eigenvalue weighted by Crippen LogP contribution is 2.26. The van der Waals surface area contributed by atoms with Crippen LogP contribution in [0.4, 0.5) is 8.78 Å². The molecule has 94 valence electrons. The Labute approximate surface area is 103 Å². The van der Waals surface area contributed by atoms with E-state index in [9.17, 15) is 13.6 Å². The zero-order valence-electron chi connectivity index (χ0n) is 9.47. The van der Waals surface area contributed by atoms with Crippen LogP contribution >= 0.6 is 11.6 Å². The van der Waals surface area contributed by atoms with Gasteiger partial charge in [0.25, 0.3) is 6.43 Å². The summed E-state index contributed by atoms with van der Waals surface area (Å²) in [6.45, 7) is 3.39. The average Bonchev–Trinajstić information content (AvgIpc) is 2.22. The van der Waals surface area contributed by atoms with Gasteiger partial charge in [0.1, 0.15) is 5.15 Å². The lowest BCUT2D eigenvalue weighted by Crippen LogP contribution is -2.11. The van der Waals surface area contributed by atoms with E-state index < -0.39 is 12.4 Å². The molecule has 0 amide bonds. The van der Waals surface area contributed by atoms with Crippen LogP contribution in [-0.2, 0) is 16.0 Å². The molecule has 6 heteroatoms. The van der Waals surface area contributed by atoms with Gasteiger partial charge in [-0.1, -0.05) is 11.6 Å². The van der Waals surface area contributed by atoms with Crippen LogP contribution in [0.2, 0.25) is 5.15 Å². The summed E-state index contributed by atoms with van der Waals surface area (Å²) in [5.41, 5.74) is 0.299. The molecular weight excluding hydrogens is 252 g/mol. The number of halogens is 3. The van der Waals surface area contributed by atoms with Gasteiger partial charge >= 0.3 is 5.97 Å². The normalized spacial score (nSPS) is 10.7. The average molecular weight is 264 g/mol. The minimum absolute atomic E-state index is 0.0507. The lowest BCUT2D eigenvalue weighted by molar-refractivity contribution is -0.142. The van der Waals surface area contributed by atoms with E-state index in [0.717, 1.165) is 6.07 Å². The van der Waals surface area contributed by atoms with Gasteiger partial charge in [0.2, 0.25) is 0 Å². The molecule has 0 bridgehead atoms. The Balaban J connectivity index is 3.03. The number of carbonyl (C=O) groups is 1. The van der Waals surface area contributed by atoms with Crippen molar-refractivity contribution in [1.82, 2.24) is 4.98 Å². The molecule has 1 heterocycles. The number of nitrogens with zero attached hydrogens (tertiary/aromatic N) is 1. The molecule has 0 aliphatic heterocycles. The molecule has 0 spiro atoms. The largest absolute Gasteiger partial charge is 0.466 e. The van der Waals surface area contributed by atoms with Crippen molar-refractivity contribution in [2.75, 3.05) is 6.61 Å². The van der Waals surface area contributed by atoms with Gasteiger partial charge in [-0.15, -0.1) is 0 Å². The van der Waals surface area contributed by atoms with E-state index in [1.807, 2.05) is 0 Å². The monoisotopic (exact) mass is 263 g/mol. The lowest BCUT2D eigenvalue weighted by atomic mass is 10.1. The molecule has 0 atom stereocenters. The molecule has 0 fully saturated rings. The maximum absolute atomic E-state index is 12.7. The van der Waals surface area contributed by atoms with Crippen LogP contribution in [0.3, 0.4) is 0 Å². The molecule has 0 aliphatic rings. The molecule has 17 heavy (non-hydrogen) atoms. The number of aromatic nitrogens is 1. The lowest BCUT2D eigenvalue weighted by Gasteiger charge is -2.10. The number of rotatable bonds is 4. The molecule has 1 aromatic heterocycles. The van der Waals surface area contributed by atoms with Gasteiger partial charge in [0.05, 0.1) is 18.7 Å². The third-order valence-corrected chi connectivity index (χ3v) is 2.43. The van der Waals surface area contributed by atoms with Gasteiger partial charge < -0.3 is 4.74 Å². The number of ether oxygens (including phenoxy) is 1. The van der Waals surface area contributed by atoms with Crippen LogP contribution in [-0.4, -0.2) is 17.6 Å². The fraction of sp³-hybridized carbons (Fsp3) is 0.455. The second-order valence-electron chi connectivity index (χ2n) is 3.39. The summed E-state index contributed by atoms with van der Waals surface area (Å²) >= 11 is 5.63. The van der Waals surface area contributed by atoms with Crippen molar-refractivity contribution in [3.63, 3.8) is 0 Å². The Morgan fingerprint density at radius 3 is 2.76 bits per heavy atom. The Kier molecular flexibility index (Phi) is 4.81. The fourth-order valence-electron chi connectivity index (χ4n) is 1.40. The fourth-order valence-corrected chi connectivity index (χ4v) is 1.62. The summed E-state index contributed by atoms with van der Waals surface area (Å²) in [6.07, 6.45) is -2.80. The molecule has 0 aromatic carbocycles. The van der Waals surface area contributed by atoms with Crippen molar-refractivity contribution < 1.29 is 18.3 Å². The quantitative estimate of drug-likeness (QED) is 0.619. The van der Waals surface area contributed by atoms with Crippen LogP contribution < -0.4 is 0 Å². The predicted octanol–water partition coefficient (Wildman–Crippen LogP) is 3.09. The van der Waals surface area contributed by atoms with Crippen molar-refractivity contribution >= 4 is 17.6 Å². The summed E-state index contributed by atoms with van der Waals surface area (Å²) in [5.74, 6) is -0.509. The minimum Gasteiger partial charge on any atom is -0.466 e. The number of pyridine rings is 1. The second kappa shape index (κ2) is 5.91. The summed E-state index contributed by atoms with van der Waals surface area (Å²) in [5, 5.41) is -0.0507. The van der Waals surface area contributed by atoms with E-state index in [-0.39, 0.29) is 35.0 Å². The third-order valence-electron chi connectivity index (χ3n) is 2.23. The van der Waals surface area contributed by atoms with Crippen molar-refractivity contribution in [2.45, 2.75) is 26.7 Å². The van der Waals surface area contributed by atoms with Gasteiger partial charge in [-0.25, -0.2) is 13.8 Å². The standard InChI is InChI=1S/C11H12ClF2NO2/c1-3-17-10(16)5-8-6(2)7(11(13)14)4-9(12)15-8/h4,11H,3,5H2,1-2H3. The summed E-state index contributed by atoms with van der Waals surface area (Å²) < 4.78 is 30.1. The number of hydrogen-bond donors (Lipinski definition) is 0. The van der Waals surface area contributed by atoms with E-state index in [4.69, 9.17) is 16.3 Å². The molecule has 0 radical (unpaired) electrons. The third kappa shape index (κ3) is 3.63. The molecule has 0 saturated heterocycles. The number of hydrogen-bond acceptors (Lipinski definition) is 3. The first-order valence-corrected chi connectivity index (χ1v) is 5.43. The molecule has 3 nitrogen and oxygen atoms in total. The van der Waals surface area contributed by atoms with Gasteiger partial charge in [0.15, 0.2) is 0 Å². The van der Waals surface area contributed by atoms with Crippen LogP contribution in [0.25, 0.3) is 0 Å². The van der Waals surface area contributed by atoms with Gasteiger partial charge in [-0.05, 0) is 25.5 Å². The molecule has 1 rings (SSSR count). The topological polar surface area (TPSA) is 39.2 Å². The van der Waals surface area contributed by atoms with Crippen molar-refractivity contribution in [3.05, 3.63) is 28.0 Å². The first-order chi connectivity index (χ1) is 7.95. The van der Waals surface area contributed by atoms with Gasteiger partial charge in [0, 0.05) is 5.56 Å². The maximum atomic E-state index is 12.7. The molecule has 1 aromatic rings. The summed E-state index contributed by atoms with van der Waals surface area (Å²) in [7, 11) is 0. The first-order valence-electron chi connectivity index (χ1n) is 5.05. The molecule has 0 aliphatic carbocycles. The Bertz CT molecular complexity index is 424. The van der Waals surface area contributed by atoms with Gasteiger partial charge in [-0.3, -0.25) is 4.79 Å². The zero-order valence-corrected chi connectivity index (χ0v) is 10.2. The van der Waals surface area contributed by atoms with E-state index in [1.54, 1.807) is 6.92 Å². The summed E-state index contributed by atoms with van der Waals surface area (Å²) in [4.78, 5) is 15.1. The molecule has 0 saturated carbocycles. The van der Waals surface area contributed by atoms with Crippen LogP contribution in [0.15, 0.2) is 6.07 Å². The van der Waals surface area contributed by atoms with Gasteiger partial charge in [-0.2, -0.15) is 0 Å². The minimum atomic E-state index is -2.64. The van der Waals surface area contributed by atoms with Crippen LogP contribution in [0.1, 0.15) is 30.2 Å². The van der Waals surface area contributed by atoms with E-state index in [2.05, 4.69) is 4.98 Å². The molecule has 0 unspecified atom stereocenters. The Morgan fingerprint density at radius 2 is 2.24 bits per heavy atom. The predicted molar refractivity (Wildman–Crippen MR) is 59.3 cm³/mol. The van der Waals surface area contributed by atoms with E-state index in [0.29, 0.717) is 0 Å². The number of carbonyl (C=O) groups excluding carboxylic acids is 1. The Morgan fingerprint density at radius 1 is 1.59 bits per heavy atom. The smallest absolute Gasteiger partial charge is 0.311 e. The first kappa shape index (κ1) is 13.8. The van der Waals surface area contributed by atoms with Crippen LogP contribution in [0.5, 0.6) is 0 Å². The van der Waals surface area contributed by atoms with Crippen molar-refractivity contribution in [1.29, 1.82) is 0 Å². The number of alkyl halides is 2. The second-order valence-corrected chi connectivity index (χ2v) is 3.78. The van der Waals surface area contributed by atoms with Crippen LogP contribution in [0, 0.1) is 6.92 Å². The highest BCUT2D eigenvalue weighted by Gasteiger charge is 2.17.